The Kier molecular flexibility index (Phi) is 14.7. The normalized spacial score (nSPS) is 13.0. The number of nitrogens with two attached hydrogens (primary N) is 1. The molecule has 2 atom stereocenters. The molecule has 0 aliphatic rings. The molecule has 0 unspecified atom stereocenters. The molecular formula is C27H41ClFN3O6S. The molecule has 0 saturated carbocycles. The van der Waals surface area contributed by atoms with Crippen molar-refractivity contribution in [3.05, 3.63) is 59.4 Å². The molecule has 2 aromatic carbocycles. The van der Waals surface area contributed by atoms with E-state index in [1.165, 1.54) is 28.4 Å². The first kappa shape index (κ1) is 34.6. The molecular weight excluding hydrogens is 549 g/mol. The van der Waals surface area contributed by atoms with Crippen LogP contribution in [0.1, 0.15) is 44.2 Å². The van der Waals surface area contributed by atoms with Crippen LogP contribution >= 0.6 is 12.4 Å². The van der Waals surface area contributed by atoms with Crippen LogP contribution in [0.3, 0.4) is 0 Å². The molecule has 0 heterocycles. The number of phenols is 1. The fourth-order valence-electron chi connectivity index (χ4n) is 4.16. The van der Waals surface area contributed by atoms with Crippen LogP contribution in [0, 0.1) is 5.82 Å². The van der Waals surface area contributed by atoms with E-state index < -0.39 is 33.9 Å². The van der Waals surface area contributed by atoms with Gasteiger partial charge in [0, 0.05) is 44.7 Å². The lowest BCUT2D eigenvalue weighted by molar-refractivity contribution is -0.133. The number of hydrogen-bond donors (Lipinski definition) is 3. The molecule has 0 aliphatic carbocycles. The number of sulfonamides is 1. The highest BCUT2D eigenvalue weighted by Gasteiger charge is 2.26. The highest BCUT2D eigenvalue weighted by atomic mass is 35.5. The molecule has 0 saturated heterocycles. The Morgan fingerprint density at radius 3 is 2.36 bits per heavy atom. The molecule has 9 nitrogen and oxygen atoms in total. The van der Waals surface area contributed by atoms with Crippen LogP contribution in [0.5, 0.6) is 11.5 Å². The zero-order valence-electron chi connectivity index (χ0n) is 22.8. The SMILES string of the molecule is CCCN(CCC)S(=O)(=O)CCC(=O)N(Cc1cccc(OC)c1)C[C@@H](O)[C@@H](N)Cc1cc(O)cc(F)c1.Cl. The monoisotopic (exact) mass is 589 g/mol. The molecule has 0 aromatic heterocycles. The van der Waals surface area contributed by atoms with Gasteiger partial charge in [-0.15, -0.1) is 12.4 Å². The second-order valence-corrected chi connectivity index (χ2v) is 11.4. The third kappa shape index (κ3) is 11.3. The Balaban J connectivity index is 0.00000760. The zero-order chi connectivity index (χ0) is 28.3. The van der Waals surface area contributed by atoms with E-state index in [1.807, 2.05) is 13.8 Å². The largest absolute Gasteiger partial charge is 0.508 e. The maximum Gasteiger partial charge on any atom is 0.224 e. The fraction of sp³-hybridized carbons (Fsp3) is 0.519. The smallest absolute Gasteiger partial charge is 0.224 e. The molecule has 2 aromatic rings. The van der Waals surface area contributed by atoms with Crippen molar-refractivity contribution in [1.29, 1.82) is 0 Å². The van der Waals surface area contributed by atoms with Gasteiger partial charge in [-0.2, -0.15) is 0 Å². The van der Waals surface area contributed by atoms with Gasteiger partial charge < -0.3 is 25.6 Å². The third-order valence-electron chi connectivity index (χ3n) is 6.09. The summed E-state index contributed by atoms with van der Waals surface area (Å²) in [4.78, 5) is 14.6. The highest BCUT2D eigenvalue weighted by Crippen LogP contribution is 2.19. The molecule has 0 spiro atoms. The molecule has 0 bridgehead atoms. The first-order chi connectivity index (χ1) is 18.0. The van der Waals surface area contributed by atoms with Gasteiger partial charge in [0.25, 0.3) is 0 Å². The second-order valence-electron chi connectivity index (χ2n) is 9.34. The molecule has 4 N–H and O–H groups in total. The van der Waals surface area contributed by atoms with Crippen molar-refractivity contribution in [3.8, 4) is 11.5 Å². The lowest BCUT2D eigenvalue weighted by Gasteiger charge is -2.29. The number of methoxy groups -OCH3 is 1. The summed E-state index contributed by atoms with van der Waals surface area (Å²) >= 11 is 0. The Hall–Kier alpha value is -2.44. The number of carbonyl (C=O) groups is 1. The Bertz CT molecular complexity index is 1130. The third-order valence-corrected chi connectivity index (χ3v) is 7.96. The van der Waals surface area contributed by atoms with Crippen molar-refractivity contribution in [2.45, 2.75) is 58.2 Å². The lowest BCUT2D eigenvalue weighted by atomic mass is 10.0. The molecule has 1 amide bonds. The van der Waals surface area contributed by atoms with E-state index in [2.05, 4.69) is 0 Å². The Labute approximate surface area is 237 Å². The van der Waals surface area contributed by atoms with Crippen LogP contribution in [-0.4, -0.2) is 78.4 Å². The average Bonchev–Trinajstić information content (AvgIpc) is 2.86. The molecule has 0 aliphatic heterocycles. The number of phenolic OH excluding ortho intramolecular Hbond substituents is 1. The molecule has 220 valence electrons. The van der Waals surface area contributed by atoms with Gasteiger partial charge in [0.05, 0.1) is 19.0 Å². The van der Waals surface area contributed by atoms with Gasteiger partial charge in [-0.1, -0.05) is 26.0 Å². The number of rotatable bonds is 16. The Morgan fingerprint density at radius 2 is 1.77 bits per heavy atom. The van der Waals surface area contributed by atoms with Crippen molar-refractivity contribution in [2.24, 2.45) is 5.73 Å². The van der Waals surface area contributed by atoms with Crippen LogP contribution in [-0.2, 0) is 27.8 Å². The van der Waals surface area contributed by atoms with Gasteiger partial charge in [-0.05, 0) is 54.7 Å². The fourth-order valence-corrected chi connectivity index (χ4v) is 5.77. The molecule has 2 rings (SSSR count). The van der Waals surface area contributed by atoms with E-state index in [0.717, 1.165) is 11.6 Å². The number of aliphatic hydroxyl groups excluding tert-OH is 1. The van der Waals surface area contributed by atoms with Crippen LogP contribution in [0.2, 0.25) is 0 Å². The number of hydrogen-bond acceptors (Lipinski definition) is 7. The van der Waals surface area contributed by atoms with Gasteiger partial charge in [0.15, 0.2) is 0 Å². The summed E-state index contributed by atoms with van der Waals surface area (Å²) in [6.45, 7) is 4.52. The number of carbonyl (C=O) groups excluding carboxylic acids is 1. The summed E-state index contributed by atoms with van der Waals surface area (Å²) in [5.41, 5.74) is 7.30. The maximum atomic E-state index is 13.7. The van der Waals surface area contributed by atoms with E-state index >= 15 is 0 Å². The highest BCUT2D eigenvalue weighted by molar-refractivity contribution is 7.89. The number of nitrogens with zero attached hydrogens (tertiary/aromatic N) is 2. The number of aliphatic hydroxyl groups is 1. The number of ether oxygens (including phenoxy) is 1. The Morgan fingerprint density at radius 1 is 1.10 bits per heavy atom. The van der Waals surface area contributed by atoms with E-state index in [-0.39, 0.29) is 49.8 Å². The van der Waals surface area contributed by atoms with E-state index in [1.54, 1.807) is 24.3 Å². The minimum absolute atomic E-state index is 0. The van der Waals surface area contributed by atoms with Crippen molar-refractivity contribution >= 4 is 28.3 Å². The summed E-state index contributed by atoms with van der Waals surface area (Å²) in [6.07, 6.45) is -0.0470. The number of amides is 1. The molecule has 39 heavy (non-hydrogen) atoms. The summed E-state index contributed by atoms with van der Waals surface area (Å²) in [6, 6.07) is 9.76. The van der Waals surface area contributed by atoms with E-state index in [0.29, 0.717) is 37.2 Å². The molecule has 0 fully saturated rings. The summed E-state index contributed by atoms with van der Waals surface area (Å²) in [5.74, 6) is -1.07. The van der Waals surface area contributed by atoms with Crippen molar-refractivity contribution in [2.75, 3.05) is 32.5 Å². The van der Waals surface area contributed by atoms with Crippen molar-refractivity contribution in [3.63, 3.8) is 0 Å². The van der Waals surface area contributed by atoms with Gasteiger partial charge >= 0.3 is 0 Å². The minimum Gasteiger partial charge on any atom is -0.508 e. The van der Waals surface area contributed by atoms with E-state index in [9.17, 15) is 27.8 Å². The predicted molar refractivity (Wildman–Crippen MR) is 152 cm³/mol. The van der Waals surface area contributed by atoms with Crippen molar-refractivity contribution in [1.82, 2.24) is 9.21 Å². The summed E-state index contributed by atoms with van der Waals surface area (Å²) in [5, 5.41) is 20.5. The van der Waals surface area contributed by atoms with Crippen LogP contribution < -0.4 is 10.5 Å². The molecule has 12 heteroatoms. The topological polar surface area (TPSA) is 133 Å². The number of benzene rings is 2. The second kappa shape index (κ2) is 16.6. The van der Waals surface area contributed by atoms with Crippen LogP contribution in [0.4, 0.5) is 4.39 Å². The standard InChI is InChI=1S/C27H40FN3O6S.ClH/c1-4-10-31(11-5-2)38(35,36)12-9-27(34)30(18-20-7-6-8-24(15-20)37-3)19-26(33)25(29)16-21-13-22(28)17-23(32)14-21;/h6-8,13-15,17,25-26,32-33H,4-5,9-12,16,18-19,29H2,1-3H3;1H/t25-,26+;/m0./s1. The van der Waals surface area contributed by atoms with Gasteiger partial charge in [0.1, 0.15) is 17.3 Å². The number of halogens is 2. The van der Waals surface area contributed by atoms with Crippen molar-refractivity contribution < 1.29 is 32.6 Å². The predicted octanol–water partition coefficient (Wildman–Crippen LogP) is 3.06. The van der Waals surface area contributed by atoms with Crippen LogP contribution in [0.15, 0.2) is 42.5 Å². The van der Waals surface area contributed by atoms with Gasteiger partial charge in [-0.25, -0.2) is 17.1 Å². The number of aromatic hydroxyl groups is 1. The maximum absolute atomic E-state index is 13.7. The van der Waals surface area contributed by atoms with E-state index in [4.69, 9.17) is 10.5 Å². The quantitative estimate of drug-likeness (QED) is 0.274. The van der Waals surface area contributed by atoms with Gasteiger partial charge in [0.2, 0.25) is 15.9 Å². The average molecular weight is 590 g/mol. The van der Waals surface area contributed by atoms with Crippen LogP contribution in [0.25, 0.3) is 0 Å². The first-order valence-corrected chi connectivity index (χ1v) is 14.4. The first-order valence-electron chi connectivity index (χ1n) is 12.8. The lowest BCUT2D eigenvalue weighted by Crippen LogP contribution is -2.46. The summed E-state index contributed by atoms with van der Waals surface area (Å²) in [7, 11) is -2.11. The summed E-state index contributed by atoms with van der Waals surface area (Å²) < 4.78 is 46.1. The molecule has 0 radical (unpaired) electrons. The zero-order valence-corrected chi connectivity index (χ0v) is 24.4. The van der Waals surface area contributed by atoms with Gasteiger partial charge in [-0.3, -0.25) is 4.79 Å². The minimum atomic E-state index is -3.63.